The molecular formula is C15H25N3O. The SMILES string of the molecule is CCN(CCCC(C)(NC)C(N)=O)c1ccccc1. The van der Waals surface area contributed by atoms with Crippen LogP contribution in [0.5, 0.6) is 0 Å². The van der Waals surface area contributed by atoms with E-state index in [1.807, 2.05) is 25.1 Å². The Hall–Kier alpha value is -1.55. The van der Waals surface area contributed by atoms with Gasteiger partial charge in [0.25, 0.3) is 0 Å². The summed E-state index contributed by atoms with van der Waals surface area (Å²) < 4.78 is 0. The first-order chi connectivity index (χ1) is 9.03. The highest BCUT2D eigenvalue weighted by atomic mass is 16.1. The molecule has 1 unspecified atom stereocenters. The van der Waals surface area contributed by atoms with Crippen LogP contribution in [0.1, 0.15) is 26.7 Å². The number of likely N-dealkylation sites (N-methyl/N-ethyl adjacent to an activating group) is 1. The van der Waals surface area contributed by atoms with E-state index in [1.54, 1.807) is 7.05 Å². The molecule has 106 valence electrons. The van der Waals surface area contributed by atoms with E-state index in [9.17, 15) is 4.79 Å². The fourth-order valence-electron chi connectivity index (χ4n) is 2.10. The summed E-state index contributed by atoms with van der Waals surface area (Å²) in [6, 6.07) is 10.3. The number of rotatable bonds is 8. The van der Waals surface area contributed by atoms with Crippen LogP contribution >= 0.6 is 0 Å². The standard InChI is InChI=1S/C15H25N3O/c1-4-18(13-9-6-5-7-10-13)12-8-11-15(2,17-3)14(16)19/h5-7,9-10,17H,4,8,11-12H2,1-3H3,(H2,16,19). The van der Waals surface area contributed by atoms with E-state index in [-0.39, 0.29) is 5.91 Å². The van der Waals surface area contributed by atoms with Crippen LogP contribution in [0.2, 0.25) is 0 Å². The Bertz CT molecular complexity index is 394. The summed E-state index contributed by atoms with van der Waals surface area (Å²) in [6.45, 7) is 5.87. The van der Waals surface area contributed by atoms with E-state index >= 15 is 0 Å². The van der Waals surface area contributed by atoms with Gasteiger partial charge in [-0.05, 0) is 45.9 Å². The second-order valence-electron chi connectivity index (χ2n) is 4.97. The smallest absolute Gasteiger partial charge is 0.237 e. The van der Waals surface area contributed by atoms with Gasteiger partial charge in [0.1, 0.15) is 0 Å². The van der Waals surface area contributed by atoms with Crippen LogP contribution in [0.15, 0.2) is 30.3 Å². The minimum absolute atomic E-state index is 0.294. The third kappa shape index (κ3) is 4.24. The molecule has 1 rings (SSSR count). The highest BCUT2D eigenvalue weighted by Gasteiger charge is 2.28. The molecule has 0 aliphatic carbocycles. The summed E-state index contributed by atoms with van der Waals surface area (Å²) in [6.07, 6.45) is 1.66. The minimum Gasteiger partial charge on any atom is -0.372 e. The summed E-state index contributed by atoms with van der Waals surface area (Å²) >= 11 is 0. The number of benzene rings is 1. The lowest BCUT2D eigenvalue weighted by molar-refractivity contribution is -0.123. The molecule has 19 heavy (non-hydrogen) atoms. The zero-order valence-electron chi connectivity index (χ0n) is 12.1. The van der Waals surface area contributed by atoms with E-state index in [1.165, 1.54) is 5.69 Å². The van der Waals surface area contributed by atoms with Crippen molar-refractivity contribution in [3.63, 3.8) is 0 Å². The molecule has 0 radical (unpaired) electrons. The topological polar surface area (TPSA) is 58.4 Å². The molecule has 0 saturated carbocycles. The number of carbonyl (C=O) groups excluding carboxylic acids is 1. The molecular weight excluding hydrogens is 238 g/mol. The molecule has 0 aliphatic heterocycles. The number of nitrogens with one attached hydrogen (secondary N) is 1. The second kappa shape index (κ2) is 7.14. The van der Waals surface area contributed by atoms with Crippen LogP contribution in [-0.2, 0) is 4.79 Å². The van der Waals surface area contributed by atoms with Gasteiger partial charge in [-0.3, -0.25) is 4.79 Å². The van der Waals surface area contributed by atoms with Crippen LogP contribution in [0.4, 0.5) is 5.69 Å². The summed E-state index contributed by atoms with van der Waals surface area (Å²) in [5.74, 6) is -0.294. The first-order valence-corrected chi connectivity index (χ1v) is 6.82. The molecule has 0 spiro atoms. The Balaban J connectivity index is 2.53. The third-order valence-electron chi connectivity index (χ3n) is 3.70. The number of primary amides is 1. The van der Waals surface area contributed by atoms with Crippen molar-refractivity contribution in [1.29, 1.82) is 0 Å². The van der Waals surface area contributed by atoms with Crippen molar-refractivity contribution in [1.82, 2.24) is 5.32 Å². The Labute approximate surface area is 116 Å². The maximum atomic E-state index is 11.4. The normalized spacial score (nSPS) is 13.8. The van der Waals surface area contributed by atoms with Crippen LogP contribution in [0.3, 0.4) is 0 Å². The molecule has 0 saturated heterocycles. The number of amides is 1. The number of nitrogens with two attached hydrogens (primary N) is 1. The Morgan fingerprint density at radius 1 is 1.37 bits per heavy atom. The predicted octanol–water partition coefficient (Wildman–Crippen LogP) is 1.76. The predicted molar refractivity (Wildman–Crippen MR) is 80.2 cm³/mol. The lowest BCUT2D eigenvalue weighted by Crippen LogP contribution is -2.51. The van der Waals surface area contributed by atoms with Crippen molar-refractivity contribution in [3.8, 4) is 0 Å². The van der Waals surface area contributed by atoms with E-state index < -0.39 is 5.54 Å². The molecule has 0 aliphatic rings. The highest BCUT2D eigenvalue weighted by molar-refractivity contribution is 5.84. The quantitative estimate of drug-likeness (QED) is 0.751. The first-order valence-electron chi connectivity index (χ1n) is 6.82. The van der Waals surface area contributed by atoms with Crippen molar-refractivity contribution in [2.24, 2.45) is 5.73 Å². The average molecular weight is 263 g/mol. The van der Waals surface area contributed by atoms with Gasteiger partial charge in [0.2, 0.25) is 5.91 Å². The zero-order valence-corrected chi connectivity index (χ0v) is 12.1. The van der Waals surface area contributed by atoms with E-state index in [2.05, 4.69) is 29.3 Å². The van der Waals surface area contributed by atoms with Crippen molar-refractivity contribution >= 4 is 11.6 Å². The number of carbonyl (C=O) groups is 1. The Morgan fingerprint density at radius 3 is 2.47 bits per heavy atom. The number of hydrogen-bond acceptors (Lipinski definition) is 3. The fraction of sp³-hybridized carbons (Fsp3) is 0.533. The minimum atomic E-state index is -0.615. The second-order valence-corrected chi connectivity index (χ2v) is 4.97. The van der Waals surface area contributed by atoms with Crippen molar-refractivity contribution in [2.45, 2.75) is 32.2 Å². The van der Waals surface area contributed by atoms with Gasteiger partial charge in [-0.25, -0.2) is 0 Å². The molecule has 0 bridgehead atoms. The van der Waals surface area contributed by atoms with Crippen LogP contribution < -0.4 is 16.0 Å². The molecule has 1 aromatic rings. The summed E-state index contributed by atoms with van der Waals surface area (Å²) in [7, 11) is 1.78. The third-order valence-corrected chi connectivity index (χ3v) is 3.70. The molecule has 4 heteroatoms. The van der Waals surface area contributed by atoms with Crippen LogP contribution in [0.25, 0.3) is 0 Å². The van der Waals surface area contributed by atoms with E-state index in [4.69, 9.17) is 5.73 Å². The number of anilines is 1. The van der Waals surface area contributed by atoms with Gasteiger partial charge < -0.3 is 16.0 Å². The van der Waals surface area contributed by atoms with E-state index in [0.29, 0.717) is 0 Å². The number of nitrogens with zero attached hydrogens (tertiary/aromatic N) is 1. The van der Waals surface area contributed by atoms with Gasteiger partial charge in [-0.2, -0.15) is 0 Å². The van der Waals surface area contributed by atoms with Crippen molar-refractivity contribution in [2.75, 3.05) is 25.0 Å². The largest absolute Gasteiger partial charge is 0.372 e. The Morgan fingerprint density at radius 2 is 2.00 bits per heavy atom. The molecule has 3 N–H and O–H groups in total. The average Bonchev–Trinajstić information content (AvgIpc) is 2.44. The molecule has 1 amide bonds. The Kier molecular flexibility index (Phi) is 5.83. The number of hydrogen-bond donors (Lipinski definition) is 2. The summed E-state index contributed by atoms with van der Waals surface area (Å²) in [5.41, 5.74) is 6.03. The van der Waals surface area contributed by atoms with Gasteiger partial charge in [-0.15, -0.1) is 0 Å². The molecule has 1 atom stereocenters. The van der Waals surface area contributed by atoms with Gasteiger partial charge in [0.05, 0.1) is 5.54 Å². The molecule has 1 aromatic carbocycles. The van der Waals surface area contributed by atoms with Gasteiger partial charge in [-0.1, -0.05) is 18.2 Å². The molecule has 0 aromatic heterocycles. The molecule has 4 nitrogen and oxygen atoms in total. The van der Waals surface area contributed by atoms with Gasteiger partial charge in [0.15, 0.2) is 0 Å². The highest BCUT2D eigenvalue weighted by Crippen LogP contribution is 2.16. The van der Waals surface area contributed by atoms with Crippen molar-refractivity contribution in [3.05, 3.63) is 30.3 Å². The summed E-state index contributed by atoms with van der Waals surface area (Å²) in [5, 5.41) is 3.02. The van der Waals surface area contributed by atoms with E-state index in [0.717, 1.165) is 25.9 Å². The fourth-order valence-corrected chi connectivity index (χ4v) is 2.10. The zero-order chi connectivity index (χ0) is 14.3. The van der Waals surface area contributed by atoms with Crippen molar-refractivity contribution < 1.29 is 4.79 Å². The van der Waals surface area contributed by atoms with Crippen LogP contribution in [0, 0.1) is 0 Å². The maximum absolute atomic E-state index is 11.4. The lowest BCUT2D eigenvalue weighted by atomic mass is 9.95. The lowest BCUT2D eigenvalue weighted by Gasteiger charge is -2.28. The molecule has 0 fully saturated rings. The maximum Gasteiger partial charge on any atom is 0.237 e. The first kappa shape index (κ1) is 15.5. The molecule has 0 heterocycles. The monoisotopic (exact) mass is 263 g/mol. The van der Waals surface area contributed by atoms with Gasteiger partial charge in [0, 0.05) is 18.8 Å². The summed E-state index contributed by atoms with van der Waals surface area (Å²) in [4.78, 5) is 13.7. The van der Waals surface area contributed by atoms with Crippen LogP contribution in [-0.4, -0.2) is 31.6 Å². The number of para-hydroxylation sites is 1. The van der Waals surface area contributed by atoms with Gasteiger partial charge >= 0.3 is 0 Å².